The van der Waals surface area contributed by atoms with Crippen LogP contribution in [0.4, 0.5) is 5.69 Å². The number of nitrogens with zero attached hydrogens (tertiary/aromatic N) is 4. The minimum Gasteiger partial charge on any atom is -0.461 e. The summed E-state index contributed by atoms with van der Waals surface area (Å²) in [6.07, 6.45) is 1.61. The zero-order chi connectivity index (χ0) is 15.5. The molecule has 0 spiro atoms. The van der Waals surface area contributed by atoms with E-state index in [1.807, 2.05) is 18.2 Å². The van der Waals surface area contributed by atoms with Crippen molar-refractivity contribution in [2.45, 2.75) is 6.54 Å². The van der Waals surface area contributed by atoms with Crippen molar-refractivity contribution in [3.63, 3.8) is 0 Å². The average Bonchev–Trinajstić information content (AvgIpc) is 3.28. The molecule has 0 aliphatic carbocycles. The van der Waals surface area contributed by atoms with E-state index in [4.69, 9.17) is 8.94 Å². The smallest absolute Gasteiger partial charge is 0.241 e. The lowest BCUT2D eigenvalue weighted by Crippen LogP contribution is -2.46. The first-order chi connectivity index (χ1) is 11.4. The van der Waals surface area contributed by atoms with Gasteiger partial charge in [-0.1, -0.05) is 23.4 Å². The normalized spacial score (nSPS) is 15.9. The first kappa shape index (κ1) is 14.0. The lowest BCUT2D eigenvalue weighted by atomic mass is 10.2. The van der Waals surface area contributed by atoms with Crippen molar-refractivity contribution in [1.82, 2.24) is 15.0 Å². The summed E-state index contributed by atoms with van der Waals surface area (Å²) in [5.74, 6) is 1.77. The minimum atomic E-state index is 0.507. The zero-order valence-electron chi connectivity index (χ0n) is 12.8. The summed E-state index contributed by atoms with van der Waals surface area (Å²) in [6.45, 7) is 4.64. The third-order valence-electron chi connectivity index (χ3n) is 4.06. The van der Waals surface area contributed by atoms with Gasteiger partial charge in [0, 0.05) is 31.9 Å². The van der Waals surface area contributed by atoms with Gasteiger partial charge >= 0.3 is 0 Å². The molecule has 0 bridgehead atoms. The van der Waals surface area contributed by atoms with E-state index in [0.717, 1.165) is 26.2 Å². The van der Waals surface area contributed by atoms with Crippen LogP contribution in [-0.4, -0.2) is 41.2 Å². The Kier molecular flexibility index (Phi) is 3.81. The van der Waals surface area contributed by atoms with Gasteiger partial charge in [-0.05, 0) is 24.3 Å². The molecule has 0 amide bonds. The zero-order valence-corrected chi connectivity index (χ0v) is 12.8. The van der Waals surface area contributed by atoms with Crippen molar-refractivity contribution in [2.75, 3.05) is 31.1 Å². The molecular formula is C17H18N4O2. The molecule has 4 rings (SSSR count). The fraction of sp³-hybridized carbons (Fsp3) is 0.294. The van der Waals surface area contributed by atoms with Crippen LogP contribution < -0.4 is 4.90 Å². The Morgan fingerprint density at radius 2 is 1.78 bits per heavy atom. The number of anilines is 1. The van der Waals surface area contributed by atoms with Crippen LogP contribution in [0, 0.1) is 0 Å². The van der Waals surface area contributed by atoms with Gasteiger partial charge in [0.2, 0.25) is 11.7 Å². The Morgan fingerprint density at radius 1 is 0.957 bits per heavy atom. The average molecular weight is 310 g/mol. The number of aromatic nitrogens is 2. The lowest BCUT2D eigenvalue weighted by Gasteiger charge is -2.35. The van der Waals surface area contributed by atoms with E-state index >= 15 is 0 Å². The van der Waals surface area contributed by atoms with Crippen LogP contribution >= 0.6 is 0 Å². The largest absolute Gasteiger partial charge is 0.461 e. The SMILES string of the molecule is c1ccc(N2CCN(Cc3nc(-c4ccco4)no3)CC2)cc1. The fourth-order valence-electron chi connectivity index (χ4n) is 2.82. The molecule has 6 nitrogen and oxygen atoms in total. The van der Waals surface area contributed by atoms with Crippen molar-refractivity contribution in [3.8, 4) is 11.6 Å². The predicted molar refractivity (Wildman–Crippen MR) is 85.9 cm³/mol. The molecule has 0 N–H and O–H groups in total. The van der Waals surface area contributed by atoms with E-state index < -0.39 is 0 Å². The molecule has 0 unspecified atom stereocenters. The maximum absolute atomic E-state index is 5.33. The van der Waals surface area contributed by atoms with Crippen molar-refractivity contribution in [1.29, 1.82) is 0 Å². The number of hydrogen-bond donors (Lipinski definition) is 0. The Hall–Kier alpha value is -2.60. The number of piperazine rings is 1. The molecule has 1 saturated heterocycles. The summed E-state index contributed by atoms with van der Waals surface area (Å²) in [4.78, 5) is 9.13. The van der Waals surface area contributed by atoms with Crippen LogP contribution in [-0.2, 0) is 6.54 Å². The van der Waals surface area contributed by atoms with E-state index in [1.54, 1.807) is 6.26 Å². The first-order valence-electron chi connectivity index (χ1n) is 7.77. The van der Waals surface area contributed by atoms with E-state index in [1.165, 1.54) is 5.69 Å². The second kappa shape index (κ2) is 6.26. The maximum atomic E-state index is 5.33. The van der Waals surface area contributed by atoms with Gasteiger partial charge in [-0.25, -0.2) is 0 Å². The number of rotatable bonds is 4. The maximum Gasteiger partial charge on any atom is 0.241 e. The van der Waals surface area contributed by atoms with E-state index in [9.17, 15) is 0 Å². The Labute approximate surface area is 134 Å². The van der Waals surface area contributed by atoms with Crippen LogP contribution in [0.15, 0.2) is 57.7 Å². The molecule has 23 heavy (non-hydrogen) atoms. The lowest BCUT2D eigenvalue weighted by molar-refractivity contribution is 0.215. The molecule has 1 aromatic carbocycles. The molecule has 1 aliphatic heterocycles. The van der Waals surface area contributed by atoms with Crippen molar-refractivity contribution >= 4 is 5.69 Å². The van der Waals surface area contributed by atoms with Crippen LogP contribution in [0.3, 0.4) is 0 Å². The quantitative estimate of drug-likeness (QED) is 0.738. The van der Waals surface area contributed by atoms with Gasteiger partial charge in [-0.15, -0.1) is 0 Å². The molecular weight excluding hydrogens is 292 g/mol. The summed E-state index contributed by atoms with van der Waals surface area (Å²) >= 11 is 0. The van der Waals surface area contributed by atoms with Gasteiger partial charge in [-0.3, -0.25) is 4.90 Å². The molecule has 0 atom stereocenters. The number of furan rings is 1. The molecule has 3 aromatic rings. The molecule has 0 saturated carbocycles. The Bertz CT molecular complexity index is 731. The molecule has 2 aromatic heterocycles. The van der Waals surface area contributed by atoms with E-state index in [2.05, 4.69) is 44.2 Å². The van der Waals surface area contributed by atoms with Crippen LogP contribution in [0.5, 0.6) is 0 Å². The standard InChI is InChI=1S/C17H18N4O2/c1-2-5-14(6-3-1)21-10-8-20(9-11-21)13-16-18-17(19-23-16)15-7-4-12-22-15/h1-7,12H,8-11,13H2. The van der Waals surface area contributed by atoms with Crippen molar-refractivity contribution in [2.24, 2.45) is 0 Å². The Balaban J connectivity index is 1.35. The monoisotopic (exact) mass is 310 g/mol. The summed E-state index contributed by atoms with van der Waals surface area (Å²) in [7, 11) is 0. The van der Waals surface area contributed by atoms with Crippen molar-refractivity contribution in [3.05, 3.63) is 54.6 Å². The second-order valence-corrected chi connectivity index (χ2v) is 5.59. The van der Waals surface area contributed by atoms with Gasteiger partial charge in [0.15, 0.2) is 5.76 Å². The summed E-state index contributed by atoms with van der Waals surface area (Å²) < 4.78 is 10.6. The van der Waals surface area contributed by atoms with Gasteiger partial charge in [0.25, 0.3) is 0 Å². The highest BCUT2D eigenvalue weighted by molar-refractivity contribution is 5.46. The van der Waals surface area contributed by atoms with Crippen molar-refractivity contribution < 1.29 is 8.94 Å². The third-order valence-corrected chi connectivity index (χ3v) is 4.06. The highest BCUT2D eigenvalue weighted by Crippen LogP contribution is 2.18. The molecule has 1 aliphatic rings. The fourth-order valence-corrected chi connectivity index (χ4v) is 2.82. The first-order valence-corrected chi connectivity index (χ1v) is 7.77. The van der Waals surface area contributed by atoms with E-state index in [0.29, 0.717) is 24.0 Å². The summed E-state index contributed by atoms with van der Waals surface area (Å²) in [5, 5.41) is 3.97. The summed E-state index contributed by atoms with van der Waals surface area (Å²) in [6, 6.07) is 14.2. The van der Waals surface area contributed by atoms with Gasteiger partial charge in [-0.2, -0.15) is 4.98 Å². The highest BCUT2D eigenvalue weighted by atomic mass is 16.5. The molecule has 0 radical (unpaired) electrons. The number of para-hydroxylation sites is 1. The Morgan fingerprint density at radius 3 is 2.52 bits per heavy atom. The molecule has 1 fully saturated rings. The van der Waals surface area contributed by atoms with Gasteiger partial charge in [0.05, 0.1) is 12.8 Å². The molecule has 3 heterocycles. The number of benzene rings is 1. The molecule has 6 heteroatoms. The number of hydrogen-bond acceptors (Lipinski definition) is 6. The second-order valence-electron chi connectivity index (χ2n) is 5.59. The third kappa shape index (κ3) is 3.12. The van der Waals surface area contributed by atoms with E-state index in [-0.39, 0.29) is 0 Å². The van der Waals surface area contributed by atoms with Crippen LogP contribution in [0.1, 0.15) is 5.89 Å². The predicted octanol–water partition coefficient (Wildman–Crippen LogP) is 2.65. The van der Waals surface area contributed by atoms with Crippen LogP contribution in [0.2, 0.25) is 0 Å². The summed E-state index contributed by atoms with van der Waals surface area (Å²) in [5.41, 5.74) is 1.28. The van der Waals surface area contributed by atoms with Gasteiger partial charge < -0.3 is 13.8 Å². The molecule has 118 valence electrons. The minimum absolute atomic E-state index is 0.507. The van der Waals surface area contributed by atoms with Crippen LogP contribution in [0.25, 0.3) is 11.6 Å². The highest BCUT2D eigenvalue weighted by Gasteiger charge is 2.20. The topological polar surface area (TPSA) is 58.5 Å². The van der Waals surface area contributed by atoms with Gasteiger partial charge in [0.1, 0.15) is 0 Å².